The highest BCUT2D eigenvalue weighted by Gasteiger charge is 2.33. The molecule has 0 saturated carbocycles. The molecule has 0 aliphatic carbocycles. The first kappa shape index (κ1) is 25.0. The molecule has 1 unspecified atom stereocenters. The Morgan fingerprint density at radius 3 is 2.36 bits per heavy atom. The minimum atomic E-state index is -0.409. The summed E-state index contributed by atoms with van der Waals surface area (Å²) < 4.78 is 16.6. The molecule has 0 fully saturated rings. The van der Waals surface area contributed by atoms with Crippen molar-refractivity contribution in [2.45, 2.75) is 26.0 Å². The standard InChI is InChI=1S/C26H23FN4O3.CH4O/c1-2-29-24(16-32)28-31(26(29)34)20-11-12-21-22(14-20)23(17-7-4-3-5-8-17)15-30(25(21)33)19-10-6-9-18(27)13-19;1-2/h3-14,23,32H,2,15-16H2,1H3;2H,1H3. The molecule has 1 aromatic heterocycles. The average Bonchev–Trinajstić information content (AvgIpc) is 3.25. The number of aliphatic hydroxyl groups is 2. The molecule has 1 aliphatic heterocycles. The number of nitrogens with zero attached hydrogens (tertiary/aromatic N) is 4. The summed E-state index contributed by atoms with van der Waals surface area (Å²) in [5, 5.41) is 20.9. The molecule has 1 atom stereocenters. The van der Waals surface area contributed by atoms with Gasteiger partial charge in [0.25, 0.3) is 5.91 Å². The third-order valence-corrected chi connectivity index (χ3v) is 6.21. The van der Waals surface area contributed by atoms with Crippen LogP contribution >= 0.6 is 0 Å². The summed E-state index contributed by atoms with van der Waals surface area (Å²) in [6.45, 7) is 2.16. The highest BCUT2D eigenvalue weighted by Crippen LogP contribution is 2.36. The van der Waals surface area contributed by atoms with Crippen LogP contribution in [0.1, 0.15) is 40.2 Å². The molecule has 0 saturated heterocycles. The SMILES string of the molecule is CCn1c(CO)nn(-c2ccc3c(c2)C(c2ccccc2)CN(c2cccc(F)c2)C3=O)c1=O.CO. The molecule has 3 aromatic carbocycles. The largest absolute Gasteiger partial charge is 0.400 e. The zero-order valence-corrected chi connectivity index (χ0v) is 20.0. The lowest BCUT2D eigenvalue weighted by molar-refractivity contribution is 0.0978. The zero-order valence-electron chi connectivity index (χ0n) is 20.0. The van der Waals surface area contributed by atoms with Gasteiger partial charge in [-0.05, 0) is 54.4 Å². The summed E-state index contributed by atoms with van der Waals surface area (Å²) in [4.78, 5) is 27.9. The van der Waals surface area contributed by atoms with E-state index in [1.807, 2.05) is 43.3 Å². The Morgan fingerprint density at radius 1 is 0.972 bits per heavy atom. The van der Waals surface area contributed by atoms with Crippen molar-refractivity contribution in [3.63, 3.8) is 0 Å². The van der Waals surface area contributed by atoms with E-state index in [1.165, 1.54) is 21.4 Å². The minimum absolute atomic E-state index is 0.196. The number of rotatable bonds is 5. The van der Waals surface area contributed by atoms with Gasteiger partial charge in [0.2, 0.25) is 0 Å². The van der Waals surface area contributed by atoms with E-state index in [1.54, 1.807) is 29.2 Å². The van der Waals surface area contributed by atoms with Gasteiger partial charge in [0.05, 0.1) is 5.69 Å². The highest BCUT2D eigenvalue weighted by atomic mass is 19.1. The molecule has 0 radical (unpaired) electrons. The van der Waals surface area contributed by atoms with Gasteiger partial charge in [-0.2, -0.15) is 4.68 Å². The first-order valence-electron chi connectivity index (χ1n) is 11.5. The summed E-state index contributed by atoms with van der Waals surface area (Å²) in [6.07, 6.45) is 0. The molecule has 1 aliphatic rings. The van der Waals surface area contributed by atoms with Crippen LogP contribution in [-0.4, -0.2) is 44.1 Å². The molecule has 5 rings (SSSR count). The van der Waals surface area contributed by atoms with Crippen LogP contribution in [0.3, 0.4) is 0 Å². The Hall–Kier alpha value is -4.08. The Balaban J connectivity index is 0.00000148. The summed E-state index contributed by atoms with van der Waals surface area (Å²) in [7, 11) is 1.00. The van der Waals surface area contributed by atoms with E-state index in [2.05, 4.69) is 5.10 Å². The van der Waals surface area contributed by atoms with Gasteiger partial charge in [-0.25, -0.2) is 9.18 Å². The maximum absolute atomic E-state index is 13.9. The number of hydrogen-bond donors (Lipinski definition) is 2. The van der Waals surface area contributed by atoms with Crippen LogP contribution < -0.4 is 10.6 Å². The number of benzene rings is 3. The molecule has 8 nitrogen and oxygen atoms in total. The molecule has 2 heterocycles. The number of amides is 1. The second-order valence-electron chi connectivity index (χ2n) is 8.14. The first-order chi connectivity index (χ1) is 17.5. The summed E-state index contributed by atoms with van der Waals surface area (Å²) in [5.41, 5.74) is 2.90. The molecule has 9 heteroatoms. The fraction of sp³-hybridized carbons (Fsp3) is 0.222. The van der Waals surface area contributed by atoms with Crippen molar-refractivity contribution < 1.29 is 19.4 Å². The number of halogens is 1. The fourth-order valence-electron chi connectivity index (χ4n) is 4.55. The van der Waals surface area contributed by atoms with Crippen molar-refractivity contribution in [3.8, 4) is 5.69 Å². The van der Waals surface area contributed by atoms with Crippen LogP contribution in [0.2, 0.25) is 0 Å². The lowest BCUT2D eigenvalue weighted by Gasteiger charge is -2.35. The molecule has 0 bridgehead atoms. The van der Waals surface area contributed by atoms with Crippen LogP contribution in [-0.2, 0) is 13.2 Å². The van der Waals surface area contributed by atoms with Crippen molar-refractivity contribution in [3.05, 3.63) is 112 Å². The van der Waals surface area contributed by atoms with Crippen LogP contribution in [0.25, 0.3) is 5.69 Å². The van der Waals surface area contributed by atoms with Gasteiger partial charge in [0.1, 0.15) is 12.4 Å². The Bertz CT molecular complexity index is 1430. The van der Waals surface area contributed by atoms with Gasteiger partial charge in [-0.15, -0.1) is 5.10 Å². The van der Waals surface area contributed by atoms with Crippen LogP contribution in [0, 0.1) is 5.82 Å². The van der Waals surface area contributed by atoms with E-state index in [9.17, 15) is 19.1 Å². The summed E-state index contributed by atoms with van der Waals surface area (Å²) in [5.74, 6) is -0.563. The van der Waals surface area contributed by atoms with Crippen molar-refractivity contribution in [2.24, 2.45) is 0 Å². The van der Waals surface area contributed by atoms with Gasteiger partial charge in [0, 0.05) is 37.4 Å². The van der Waals surface area contributed by atoms with Crippen LogP contribution in [0.5, 0.6) is 0 Å². The molecule has 186 valence electrons. The second-order valence-corrected chi connectivity index (χ2v) is 8.14. The van der Waals surface area contributed by atoms with E-state index in [0.29, 0.717) is 30.0 Å². The maximum Gasteiger partial charge on any atom is 0.350 e. The first-order valence-corrected chi connectivity index (χ1v) is 11.5. The zero-order chi connectivity index (χ0) is 25.8. The van der Waals surface area contributed by atoms with E-state index in [4.69, 9.17) is 5.11 Å². The predicted octanol–water partition coefficient (Wildman–Crippen LogP) is 3.09. The third kappa shape index (κ3) is 4.46. The summed E-state index contributed by atoms with van der Waals surface area (Å²) >= 11 is 0. The van der Waals surface area contributed by atoms with E-state index in [-0.39, 0.29) is 29.9 Å². The second kappa shape index (κ2) is 10.7. The predicted molar refractivity (Wildman–Crippen MR) is 134 cm³/mol. The smallest absolute Gasteiger partial charge is 0.350 e. The number of hydrogen-bond acceptors (Lipinski definition) is 5. The third-order valence-electron chi connectivity index (χ3n) is 6.21. The van der Waals surface area contributed by atoms with Crippen molar-refractivity contribution in [1.82, 2.24) is 14.3 Å². The van der Waals surface area contributed by atoms with Crippen LogP contribution in [0.15, 0.2) is 77.6 Å². The van der Waals surface area contributed by atoms with Crippen molar-refractivity contribution in [2.75, 3.05) is 18.6 Å². The van der Waals surface area contributed by atoms with E-state index < -0.39 is 5.82 Å². The minimum Gasteiger partial charge on any atom is -0.400 e. The fourth-order valence-corrected chi connectivity index (χ4v) is 4.55. The molecular weight excluding hydrogens is 463 g/mol. The van der Waals surface area contributed by atoms with Crippen molar-refractivity contribution >= 4 is 11.6 Å². The number of carbonyl (C=O) groups is 1. The van der Waals surface area contributed by atoms with E-state index >= 15 is 0 Å². The quantitative estimate of drug-likeness (QED) is 0.448. The van der Waals surface area contributed by atoms with Gasteiger partial charge in [0.15, 0.2) is 5.82 Å². The van der Waals surface area contributed by atoms with Gasteiger partial charge in [-0.1, -0.05) is 36.4 Å². The monoisotopic (exact) mass is 490 g/mol. The molecule has 4 aromatic rings. The average molecular weight is 491 g/mol. The van der Waals surface area contributed by atoms with Gasteiger partial charge in [-0.3, -0.25) is 9.36 Å². The summed E-state index contributed by atoms with van der Waals surface area (Å²) in [6, 6.07) is 20.9. The molecule has 36 heavy (non-hydrogen) atoms. The number of fused-ring (bicyclic) bond motifs is 1. The van der Waals surface area contributed by atoms with Gasteiger partial charge < -0.3 is 15.1 Å². The Labute approximate surface area is 207 Å². The lowest BCUT2D eigenvalue weighted by Crippen LogP contribution is -2.40. The van der Waals surface area contributed by atoms with Crippen LogP contribution in [0.4, 0.5) is 10.1 Å². The Kier molecular flexibility index (Phi) is 7.42. The van der Waals surface area contributed by atoms with Gasteiger partial charge >= 0.3 is 5.69 Å². The number of aliphatic hydroxyl groups excluding tert-OH is 2. The molecular formula is C27H27FN4O4. The molecule has 1 amide bonds. The molecule has 2 N–H and O–H groups in total. The normalized spacial score (nSPS) is 14.8. The Morgan fingerprint density at radius 2 is 1.72 bits per heavy atom. The van der Waals surface area contributed by atoms with E-state index in [0.717, 1.165) is 18.2 Å². The number of aromatic nitrogens is 3. The van der Waals surface area contributed by atoms with Crippen molar-refractivity contribution in [1.29, 1.82) is 0 Å². The number of anilines is 1. The maximum atomic E-state index is 13.9. The number of carbonyl (C=O) groups excluding carboxylic acids is 1. The highest BCUT2D eigenvalue weighted by molar-refractivity contribution is 6.08. The topological polar surface area (TPSA) is 101 Å². The lowest BCUT2D eigenvalue weighted by atomic mass is 9.83. The molecule has 0 spiro atoms.